The third-order valence-corrected chi connectivity index (χ3v) is 4.02. The van der Waals surface area contributed by atoms with E-state index in [2.05, 4.69) is 36.0 Å². The topological polar surface area (TPSA) is 51.2 Å². The Hall–Kier alpha value is -1.89. The van der Waals surface area contributed by atoms with Gasteiger partial charge in [0.25, 0.3) is 0 Å². The molecule has 0 atom stereocenters. The molecule has 0 radical (unpaired) electrons. The van der Waals surface area contributed by atoms with Crippen LogP contribution < -0.4 is 4.90 Å². The van der Waals surface area contributed by atoms with Crippen molar-refractivity contribution in [1.82, 2.24) is 24.4 Å². The van der Waals surface area contributed by atoms with Crippen molar-refractivity contribution in [2.75, 3.05) is 18.0 Å². The van der Waals surface area contributed by atoms with Gasteiger partial charge in [0.15, 0.2) is 5.82 Å². The van der Waals surface area contributed by atoms with Crippen LogP contribution in [-0.2, 0) is 6.54 Å². The number of hydrogen-bond acceptors (Lipinski definition) is 4. The molecule has 0 N–H and O–H groups in total. The summed E-state index contributed by atoms with van der Waals surface area (Å²) in [6.45, 7) is 2.97. The SMILES string of the molecule is Brc1cnn(CC2CN(c3nccn4nccc34)C2)c1. The fourth-order valence-corrected chi connectivity index (χ4v) is 2.98. The van der Waals surface area contributed by atoms with Gasteiger partial charge in [-0.3, -0.25) is 4.68 Å². The molecule has 4 rings (SSSR count). The number of aromatic nitrogens is 5. The van der Waals surface area contributed by atoms with E-state index in [0.29, 0.717) is 5.92 Å². The first-order chi connectivity index (χ1) is 9.79. The molecule has 6 nitrogen and oxygen atoms in total. The van der Waals surface area contributed by atoms with E-state index < -0.39 is 0 Å². The van der Waals surface area contributed by atoms with Crippen LogP contribution >= 0.6 is 15.9 Å². The number of rotatable bonds is 3. The molecular formula is C13H13BrN6. The second-order valence-electron chi connectivity index (χ2n) is 5.06. The van der Waals surface area contributed by atoms with E-state index in [1.165, 1.54) is 0 Å². The lowest BCUT2D eigenvalue weighted by molar-refractivity contribution is 0.340. The van der Waals surface area contributed by atoms with Crippen LogP contribution in [-0.4, -0.2) is 37.5 Å². The lowest BCUT2D eigenvalue weighted by Crippen LogP contribution is -2.49. The summed E-state index contributed by atoms with van der Waals surface area (Å²) < 4.78 is 4.87. The molecule has 1 saturated heterocycles. The first kappa shape index (κ1) is 11.9. The van der Waals surface area contributed by atoms with Gasteiger partial charge < -0.3 is 4.90 Å². The zero-order valence-corrected chi connectivity index (χ0v) is 12.3. The Kier molecular flexibility index (Phi) is 2.73. The first-order valence-electron chi connectivity index (χ1n) is 6.51. The largest absolute Gasteiger partial charge is 0.354 e. The lowest BCUT2D eigenvalue weighted by atomic mass is 10.0. The summed E-state index contributed by atoms with van der Waals surface area (Å²) in [6.07, 6.45) is 9.31. The maximum Gasteiger partial charge on any atom is 0.154 e. The number of hydrogen-bond donors (Lipinski definition) is 0. The van der Waals surface area contributed by atoms with Crippen molar-refractivity contribution >= 4 is 27.3 Å². The molecule has 0 bridgehead atoms. The van der Waals surface area contributed by atoms with Crippen molar-refractivity contribution in [3.8, 4) is 0 Å². The summed E-state index contributed by atoms with van der Waals surface area (Å²) in [7, 11) is 0. The van der Waals surface area contributed by atoms with Crippen molar-refractivity contribution in [2.24, 2.45) is 5.92 Å². The quantitative estimate of drug-likeness (QED) is 0.734. The van der Waals surface area contributed by atoms with Gasteiger partial charge >= 0.3 is 0 Å². The van der Waals surface area contributed by atoms with Gasteiger partial charge in [-0.05, 0) is 22.0 Å². The summed E-state index contributed by atoms with van der Waals surface area (Å²) in [5, 5.41) is 8.54. The van der Waals surface area contributed by atoms with Gasteiger partial charge in [-0.25, -0.2) is 9.50 Å². The molecule has 4 heterocycles. The predicted molar refractivity (Wildman–Crippen MR) is 78.6 cm³/mol. The zero-order valence-electron chi connectivity index (χ0n) is 10.7. The summed E-state index contributed by atoms with van der Waals surface area (Å²) in [4.78, 5) is 6.77. The van der Waals surface area contributed by atoms with E-state index in [4.69, 9.17) is 0 Å². The van der Waals surface area contributed by atoms with Crippen LogP contribution in [0.3, 0.4) is 0 Å². The molecule has 1 aliphatic heterocycles. The second kappa shape index (κ2) is 4.59. The molecule has 0 unspecified atom stereocenters. The molecule has 3 aromatic heterocycles. The molecule has 102 valence electrons. The van der Waals surface area contributed by atoms with E-state index in [9.17, 15) is 0 Å². The van der Waals surface area contributed by atoms with Crippen molar-refractivity contribution in [2.45, 2.75) is 6.54 Å². The molecule has 7 heteroatoms. The van der Waals surface area contributed by atoms with Crippen molar-refractivity contribution in [3.63, 3.8) is 0 Å². The van der Waals surface area contributed by atoms with Gasteiger partial charge in [0.1, 0.15) is 5.52 Å². The Morgan fingerprint density at radius 3 is 2.95 bits per heavy atom. The molecule has 0 spiro atoms. The number of halogens is 1. The van der Waals surface area contributed by atoms with Gasteiger partial charge in [0.2, 0.25) is 0 Å². The smallest absolute Gasteiger partial charge is 0.154 e. The van der Waals surface area contributed by atoms with E-state index in [0.717, 1.165) is 35.4 Å². The summed E-state index contributed by atoms with van der Waals surface area (Å²) >= 11 is 3.42. The normalized spacial score (nSPS) is 15.8. The highest BCUT2D eigenvalue weighted by atomic mass is 79.9. The molecule has 0 aliphatic carbocycles. The van der Waals surface area contributed by atoms with Crippen molar-refractivity contribution in [1.29, 1.82) is 0 Å². The molecule has 0 saturated carbocycles. The molecule has 1 fully saturated rings. The second-order valence-corrected chi connectivity index (χ2v) is 5.98. The molecule has 0 aromatic carbocycles. The summed E-state index contributed by atoms with van der Waals surface area (Å²) in [5.41, 5.74) is 1.06. The fourth-order valence-electron chi connectivity index (χ4n) is 2.65. The average molecular weight is 333 g/mol. The standard InChI is InChI=1S/C13H13BrN6/c14-11-5-17-19(9-11)8-10-6-18(7-10)13-12-1-2-16-20(12)4-3-15-13/h1-5,9-10H,6-8H2. The number of anilines is 1. The van der Waals surface area contributed by atoms with Gasteiger partial charge in [-0.1, -0.05) is 0 Å². The van der Waals surface area contributed by atoms with Crippen LogP contribution in [0.15, 0.2) is 41.5 Å². The molecule has 0 amide bonds. The minimum absolute atomic E-state index is 0.617. The van der Waals surface area contributed by atoms with Gasteiger partial charge in [-0.2, -0.15) is 10.2 Å². The maximum absolute atomic E-state index is 4.48. The van der Waals surface area contributed by atoms with Crippen LogP contribution in [0.1, 0.15) is 0 Å². The predicted octanol–water partition coefficient (Wildman–Crippen LogP) is 1.82. The molecular weight excluding hydrogens is 320 g/mol. The van der Waals surface area contributed by atoms with Gasteiger partial charge in [0.05, 0.1) is 16.9 Å². The maximum atomic E-state index is 4.48. The van der Waals surface area contributed by atoms with Crippen LogP contribution in [0.4, 0.5) is 5.82 Å². The Balaban J connectivity index is 1.47. The van der Waals surface area contributed by atoms with E-state index >= 15 is 0 Å². The Morgan fingerprint density at radius 2 is 2.15 bits per heavy atom. The van der Waals surface area contributed by atoms with Crippen molar-refractivity contribution in [3.05, 3.63) is 41.5 Å². The Labute approximate surface area is 124 Å². The first-order valence-corrected chi connectivity index (χ1v) is 7.30. The summed E-state index contributed by atoms with van der Waals surface area (Å²) in [6, 6.07) is 2.00. The third kappa shape index (κ3) is 1.98. The van der Waals surface area contributed by atoms with E-state index in [1.54, 1.807) is 12.4 Å². The Bertz CT molecular complexity index is 742. The number of nitrogens with zero attached hydrogens (tertiary/aromatic N) is 6. The highest BCUT2D eigenvalue weighted by Crippen LogP contribution is 2.27. The minimum atomic E-state index is 0.617. The monoisotopic (exact) mass is 332 g/mol. The minimum Gasteiger partial charge on any atom is -0.354 e. The molecule has 3 aromatic rings. The highest BCUT2D eigenvalue weighted by molar-refractivity contribution is 9.10. The fraction of sp³-hybridized carbons (Fsp3) is 0.308. The van der Waals surface area contributed by atoms with Crippen LogP contribution in [0.5, 0.6) is 0 Å². The van der Waals surface area contributed by atoms with Crippen molar-refractivity contribution < 1.29 is 0 Å². The third-order valence-electron chi connectivity index (χ3n) is 3.61. The van der Waals surface area contributed by atoms with Gasteiger partial charge in [0, 0.05) is 44.1 Å². The van der Waals surface area contributed by atoms with Crippen LogP contribution in [0.25, 0.3) is 5.52 Å². The zero-order chi connectivity index (χ0) is 13.5. The molecule has 1 aliphatic rings. The lowest BCUT2D eigenvalue weighted by Gasteiger charge is -2.40. The van der Waals surface area contributed by atoms with Crippen LogP contribution in [0.2, 0.25) is 0 Å². The average Bonchev–Trinajstić information content (AvgIpc) is 3.01. The summed E-state index contributed by atoms with van der Waals surface area (Å²) in [5.74, 6) is 1.63. The van der Waals surface area contributed by atoms with E-state index in [1.807, 2.05) is 33.9 Å². The number of fused-ring (bicyclic) bond motifs is 1. The molecule has 20 heavy (non-hydrogen) atoms. The van der Waals surface area contributed by atoms with Gasteiger partial charge in [-0.15, -0.1) is 0 Å². The highest BCUT2D eigenvalue weighted by Gasteiger charge is 2.29. The van der Waals surface area contributed by atoms with Crippen LogP contribution in [0, 0.1) is 5.92 Å². The Morgan fingerprint density at radius 1 is 1.25 bits per heavy atom. The van der Waals surface area contributed by atoms with E-state index in [-0.39, 0.29) is 0 Å².